The van der Waals surface area contributed by atoms with E-state index >= 15 is 0 Å². The topological polar surface area (TPSA) is 0 Å². The van der Waals surface area contributed by atoms with E-state index in [1.54, 1.807) is 0 Å². The zero-order valence-corrected chi connectivity index (χ0v) is 17.0. The molecule has 2 heteroatoms. The van der Waals surface area contributed by atoms with Crippen LogP contribution in [0.2, 0.25) is 0 Å². The Bertz CT molecular complexity index is 408. The van der Waals surface area contributed by atoms with Crippen LogP contribution in [-0.4, -0.2) is 0 Å². The van der Waals surface area contributed by atoms with Crippen molar-refractivity contribution in [2.75, 3.05) is 0 Å². The second kappa shape index (κ2) is 22.9. The van der Waals surface area contributed by atoms with E-state index in [1.807, 2.05) is 146 Å². The van der Waals surface area contributed by atoms with Crippen LogP contribution in [0.4, 0.5) is 0 Å². The van der Waals surface area contributed by atoms with Crippen LogP contribution in [0.15, 0.2) is 146 Å². The van der Waals surface area contributed by atoms with Gasteiger partial charge in [0.2, 0.25) is 0 Å². The van der Waals surface area contributed by atoms with Crippen LogP contribution in [0, 0.1) is 0 Å². The van der Waals surface area contributed by atoms with Crippen LogP contribution >= 0.6 is 0 Å². The molecule has 0 unspecified atom stereocenters. The molecular weight excluding hydrogens is 398 g/mol. The van der Waals surface area contributed by atoms with Crippen molar-refractivity contribution < 1.29 is 34.1 Å². The third kappa shape index (κ3) is 20.0. The van der Waals surface area contributed by atoms with E-state index in [9.17, 15) is 0 Å². The summed E-state index contributed by atoms with van der Waals surface area (Å²) in [6.07, 6.45) is 48.0. The number of rotatable bonds is 0. The van der Waals surface area contributed by atoms with E-state index in [0.29, 0.717) is 0 Å². The van der Waals surface area contributed by atoms with Gasteiger partial charge in [0.25, 0.3) is 0 Å². The van der Waals surface area contributed by atoms with Gasteiger partial charge < -0.3 is 0 Å². The van der Waals surface area contributed by atoms with Gasteiger partial charge in [-0.15, -0.1) is 0 Å². The molecule has 0 bridgehead atoms. The summed E-state index contributed by atoms with van der Waals surface area (Å²) < 4.78 is 0. The van der Waals surface area contributed by atoms with E-state index in [2.05, 4.69) is 0 Å². The zero-order chi connectivity index (χ0) is 17.0. The Kier molecular flexibility index (Phi) is 23.1. The second-order valence-corrected chi connectivity index (χ2v) is 4.62. The van der Waals surface area contributed by atoms with E-state index < -0.39 is 0 Å². The van der Waals surface area contributed by atoms with Gasteiger partial charge in [0, 0.05) is 34.1 Å². The van der Waals surface area contributed by atoms with E-state index in [-0.39, 0.29) is 34.1 Å². The van der Waals surface area contributed by atoms with Gasteiger partial charge in [-0.2, -0.15) is 0 Å². The maximum absolute atomic E-state index is 2.00. The molecular formula is C24H24Mn2. The van der Waals surface area contributed by atoms with Crippen molar-refractivity contribution in [2.24, 2.45) is 0 Å². The van der Waals surface area contributed by atoms with Crippen molar-refractivity contribution in [2.45, 2.75) is 0 Å². The van der Waals surface area contributed by atoms with Crippen LogP contribution in [0.25, 0.3) is 0 Å². The standard InChI is InChI=1S/3C8H8.2Mn/c3*1-2-4-6-8-7-5-3-1;;/h3*1-8H;;/b3*2-1-,3-1?,4-2?,5-3-,6-4?,7-5?,8-6?,8-7?;;. The molecule has 0 N–H and O–H groups in total. The summed E-state index contributed by atoms with van der Waals surface area (Å²) in [6, 6.07) is 0. The van der Waals surface area contributed by atoms with Crippen LogP contribution in [0.1, 0.15) is 0 Å². The molecule has 3 rings (SSSR count). The van der Waals surface area contributed by atoms with Gasteiger partial charge in [0.05, 0.1) is 0 Å². The minimum Gasteiger partial charge on any atom is -0.0623 e. The van der Waals surface area contributed by atoms with E-state index in [1.165, 1.54) is 0 Å². The van der Waals surface area contributed by atoms with Crippen LogP contribution < -0.4 is 0 Å². The first-order valence-electron chi connectivity index (χ1n) is 8.00. The van der Waals surface area contributed by atoms with Crippen molar-refractivity contribution in [3.63, 3.8) is 0 Å². The fraction of sp³-hybridized carbons (Fsp3) is 0. The van der Waals surface area contributed by atoms with Crippen LogP contribution in [0.5, 0.6) is 0 Å². The molecule has 0 saturated heterocycles. The molecule has 0 heterocycles. The Labute approximate surface area is 179 Å². The van der Waals surface area contributed by atoms with Gasteiger partial charge in [-0.05, 0) is 0 Å². The van der Waals surface area contributed by atoms with E-state index in [0.717, 1.165) is 0 Å². The SMILES string of the molecule is C1=C/C=C\C=C/C=C1.C1=C/C=C\C=C/C=C1.C1=C/C=C\C=C/C=C1.[Mn].[Mn]. The van der Waals surface area contributed by atoms with Gasteiger partial charge in [-0.3, -0.25) is 0 Å². The van der Waals surface area contributed by atoms with Crippen molar-refractivity contribution in [1.29, 1.82) is 0 Å². The Morgan fingerprint density at radius 1 is 0.115 bits per heavy atom. The quantitative estimate of drug-likeness (QED) is 0.383. The number of allylic oxidation sites excluding steroid dienone is 24. The van der Waals surface area contributed by atoms with Crippen LogP contribution in [0.3, 0.4) is 0 Å². The summed E-state index contributed by atoms with van der Waals surface area (Å²) in [5.74, 6) is 0. The van der Waals surface area contributed by atoms with E-state index in [4.69, 9.17) is 0 Å². The first-order valence-corrected chi connectivity index (χ1v) is 8.00. The fourth-order valence-corrected chi connectivity index (χ4v) is 1.54. The second-order valence-electron chi connectivity index (χ2n) is 4.62. The molecule has 26 heavy (non-hydrogen) atoms. The van der Waals surface area contributed by atoms with Crippen molar-refractivity contribution in [3.8, 4) is 0 Å². The Morgan fingerprint density at radius 2 is 0.154 bits per heavy atom. The Balaban J connectivity index is 0. The van der Waals surface area contributed by atoms with Gasteiger partial charge >= 0.3 is 0 Å². The monoisotopic (exact) mass is 422 g/mol. The molecule has 0 atom stereocenters. The fourth-order valence-electron chi connectivity index (χ4n) is 1.54. The minimum atomic E-state index is 0. The predicted molar refractivity (Wildman–Crippen MR) is 110 cm³/mol. The maximum atomic E-state index is 2.00. The van der Waals surface area contributed by atoms with Gasteiger partial charge in [0.15, 0.2) is 0 Å². The van der Waals surface area contributed by atoms with Crippen molar-refractivity contribution in [3.05, 3.63) is 146 Å². The van der Waals surface area contributed by atoms with Crippen LogP contribution in [-0.2, 0) is 34.1 Å². The molecule has 0 aromatic rings. The zero-order valence-electron chi connectivity index (χ0n) is 14.6. The summed E-state index contributed by atoms with van der Waals surface area (Å²) in [4.78, 5) is 0. The summed E-state index contributed by atoms with van der Waals surface area (Å²) >= 11 is 0. The Hall–Kier alpha value is -2.08. The third-order valence-electron chi connectivity index (χ3n) is 2.67. The van der Waals surface area contributed by atoms with Gasteiger partial charge in [-0.1, -0.05) is 146 Å². The molecule has 2 radical (unpaired) electrons. The maximum Gasteiger partial charge on any atom is 0 e. The number of hydrogen-bond donors (Lipinski definition) is 0. The summed E-state index contributed by atoms with van der Waals surface area (Å²) in [5.41, 5.74) is 0. The summed E-state index contributed by atoms with van der Waals surface area (Å²) in [5, 5.41) is 0. The molecule has 0 aromatic heterocycles. The minimum absolute atomic E-state index is 0. The first kappa shape index (κ1) is 26.2. The van der Waals surface area contributed by atoms with Gasteiger partial charge in [0.1, 0.15) is 0 Å². The number of hydrogen-bond acceptors (Lipinski definition) is 0. The molecule has 3 aliphatic rings. The average Bonchev–Trinajstić information content (AvgIpc) is 2.46. The summed E-state index contributed by atoms with van der Waals surface area (Å²) in [7, 11) is 0. The molecule has 0 aromatic carbocycles. The smallest absolute Gasteiger partial charge is 0 e. The molecule has 0 amide bonds. The Morgan fingerprint density at radius 3 is 0.192 bits per heavy atom. The molecule has 0 spiro atoms. The van der Waals surface area contributed by atoms with Crippen molar-refractivity contribution in [1.82, 2.24) is 0 Å². The molecule has 0 saturated carbocycles. The molecule has 0 aliphatic heterocycles. The normalized spacial score (nSPS) is 22.2. The molecule has 0 fully saturated rings. The molecule has 134 valence electrons. The largest absolute Gasteiger partial charge is 0.0623 e. The first-order chi connectivity index (χ1) is 12.0. The molecule has 0 nitrogen and oxygen atoms in total. The average molecular weight is 422 g/mol. The van der Waals surface area contributed by atoms with Gasteiger partial charge in [-0.25, -0.2) is 0 Å². The third-order valence-corrected chi connectivity index (χ3v) is 2.67. The van der Waals surface area contributed by atoms with Crippen molar-refractivity contribution >= 4 is 0 Å². The molecule has 3 aliphatic carbocycles. The predicted octanol–water partition coefficient (Wildman–Crippen LogP) is 6.67. The summed E-state index contributed by atoms with van der Waals surface area (Å²) in [6.45, 7) is 0.